The third-order valence-corrected chi connectivity index (χ3v) is 4.95. The van der Waals surface area contributed by atoms with Crippen molar-refractivity contribution in [1.29, 1.82) is 0 Å². The van der Waals surface area contributed by atoms with Crippen LogP contribution in [0, 0.1) is 0 Å². The van der Waals surface area contributed by atoms with Gasteiger partial charge in [0.15, 0.2) is 6.23 Å². The number of pyridine rings is 1. The summed E-state index contributed by atoms with van der Waals surface area (Å²) in [5.74, 6) is 0.659. The first kappa shape index (κ1) is 21.3. The molecule has 1 saturated heterocycles. The minimum Gasteiger partial charge on any atom is -0.492 e. The molecule has 1 fully saturated rings. The van der Waals surface area contributed by atoms with Crippen molar-refractivity contribution in [2.24, 2.45) is 0 Å². The third-order valence-electron chi connectivity index (χ3n) is 4.95. The van der Waals surface area contributed by atoms with Crippen molar-refractivity contribution >= 4 is 5.97 Å². The molecule has 0 aliphatic carbocycles. The molecule has 1 atom stereocenters. The van der Waals surface area contributed by atoms with Crippen LogP contribution in [0.1, 0.15) is 64.5 Å². The van der Waals surface area contributed by atoms with Crippen LogP contribution in [0.15, 0.2) is 30.6 Å². The lowest BCUT2D eigenvalue weighted by atomic mass is 10.1. The number of esters is 1. The molecule has 0 aromatic carbocycles. The highest BCUT2D eigenvalue weighted by atomic mass is 16.5. The van der Waals surface area contributed by atoms with Gasteiger partial charge in [-0.05, 0) is 57.2 Å². The van der Waals surface area contributed by atoms with E-state index in [1.54, 1.807) is 12.4 Å². The largest absolute Gasteiger partial charge is 0.492 e. The zero-order valence-electron chi connectivity index (χ0n) is 17.2. The molecular weight excluding hydrogens is 370 g/mol. The Morgan fingerprint density at radius 2 is 2.10 bits per heavy atom. The zero-order chi connectivity index (χ0) is 20.3. The Morgan fingerprint density at radius 1 is 1.21 bits per heavy atom. The van der Waals surface area contributed by atoms with Gasteiger partial charge in [0.2, 0.25) is 0 Å². The predicted molar refractivity (Wildman–Crippen MR) is 110 cm³/mol. The van der Waals surface area contributed by atoms with Gasteiger partial charge in [0, 0.05) is 19.2 Å². The van der Waals surface area contributed by atoms with Crippen molar-refractivity contribution in [3.05, 3.63) is 30.6 Å². The molecule has 3 rings (SSSR count). The van der Waals surface area contributed by atoms with Gasteiger partial charge in [-0.1, -0.05) is 12.8 Å². The fourth-order valence-electron chi connectivity index (χ4n) is 3.43. The SMILES string of the molecule is CCOC(=O)CCCCCCOc1ccc(-c2ccnn2C2CCCCO2)nc1. The molecule has 0 amide bonds. The summed E-state index contributed by atoms with van der Waals surface area (Å²) in [5, 5.41) is 4.44. The maximum absolute atomic E-state index is 11.3. The summed E-state index contributed by atoms with van der Waals surface area (Å²) in [6.07, 6.45) is 11.2. The van der Waals surface area contributed by atoms with E-state index in [1.165, 1.54) is 0 Å². The molecule has 0 saturated carbocycles. The van der Waals surface area contributed by atoms with Crippen LogP contribution in [0.4, 0.5) is 0 Å². The number of nitrogens with zero attached hydrogens (tertiary/aromatic N) is 3. The van der Waals surface area contributed by atoms with E-state index in [-0.39, 0.29) is 12.2 Å². The molecule has 29 heavy (non-hydrogen) atoms. The third kappa shape index (κ3) is 6.56. The normalized spacial score (nSPS) is 16.5. The van der Waals surface area contributed by atoms with Gasteiger partial charge in [0.1, 0.15) is 5.75 Å². The van der Waals surface area contributed by atoms with Crippen LogP contribution in [0.25, 0.3) is 11.4 Å². The number of rotatable bonds is 11. The van der Waals surface area contributed by atoms with Crippen molar-refractivity contribution in [3.8, 4) is 17.1 Å². The zero-order valence-corrected chi connectivity index (χ0v) is 17.2. The van der Waals surface area contributed by atoms with Crippen LogP contribution in [0.3, 0.4) is 0 Å². The Bertz CT molecular complexity index is 739. The van der Waals surface area contributed by atoms with E-state index in [9.17, 15) is 4.79 Å². The maximum atomic E-state index is 11.3. The molecule has 7 nitrogen and oxygen atoms in total. The Labute approximate surface area is 172 Å². The first-order valence-electron chi connectivity index (χ1n) is 10.7. The van der Waals surface area contributed by atoms with Crippen LogP contribution in [-0.4, -0.2) is 40.6 Å². The van der Waals surface area contributed by atoms with E-state index in [2.05, 4.69) is 10.1 Å². The topological polar surface area (TPSA) is 75.5 Å². The number of ether oxygens (including phenoxy) is 3. The van der Waals surface area contributed by atoms with Gasteiger partial charge in [0.25, 0.3) is 0 Å². The number of hydrogen-bond donors (Lipinski definition) is 0. The Hall–Kier alpha value is -2.41. The fourth-order valence-corrected chi connectivity index (χ4v) is 3.43. The highest BCUT2D eigenvalue weighted by Crippen LogP contribution is 2.27. The molecule has 3 heterocycles. The minimum absolute atomic E-state index is 0.00435. The summed E-state index contributed by atoms with van der Waals surface area (Å²) >= 11 is 0. The number of unbranched alkanes of at least 4 members (excludes halogenated alkanes) is 3. The molecule has 2 aromatic rings. The van der Waals surface area contributed by atoms with E-state index in [1.807, 2.05) is 29.8 Å². The molecular formula is C22H31N3O4. The van der Waals surface area contributed by atoms with E-state index >= 15 is 0 Å². The lowest BCUT2D eigenvalue weighted by Gasteiger charge is -2.24. The molecule has 1 unspecified atom stereocenters. The highest BCUT2D eigenvalue weighted by molar-refractivity contribution is 5.69. The van der Waals surface area contributed by atoms with Crippen LogP contribution < -0.4 is 4.74 Å². The molecule has 0 N–H and O–H groups in total. The van der Waals surface area contributed by atoms with Crippen molar-refractivity contribution in [2.45, 2.75) is 64.5 Å². The first-order chi connectivity index (χ1) is 14.3. The van der Waals surface area contributed by atoms with Gasteiger partial charge in [-0.3, -0.25) is 9.78 Å². The second-order valence-corrected chi connectivity index (χ2v) is 7.18. The van der Waals surface area contributed by atoms with Gasteiger partial charge in [-0.15, -0.1) is 0 Å². The summed E-state index contributed by atoms with van der Waals surface area (Å²) in [6, 6.07) is 5.88. The maximum Gasteiger partial charge on any atom is 0.305 e. The number of carbonyl (C=O) groups excluding carboxylic acids is 1. The van der Waals surface area contributed by atoms with Crippen LogP contribution in [0.2, 0.25) is 0 Å². The summed E-state index contributed by atoms with van der Waals surface area (Å²) in [4.78, 5) is 15.8. The van der Waals surface area contributed by atoms with E-state index in [0.717, 1.165) is 68.7 Å². The van der Waals surface area contributed by atoms with Gasteiger partial charge in [-0.25, -0.2) is 4.68 Å². The van der Waals surface area contributed by atoms with Crippen molar-refractivity contribution < 1.29 is 19.0 Å². The molecule has 0 radical (unpaired) electrons. The Morgan fingerprint density at radius 3 is 2.86 bits per heavy atom. The van der Waals surface area contributed by atoms with E-state index in [4.69, 9.17) is 14.2 Å². The number of aromatic nitrogens is 3. The smallest absolute Gasteiger partial charge is 0.305 e. The molecule has 7 heteroatoms. The first-order valence-corrected chi connectivity index (χ1v) is 10.7. The van der Waals surface area contributed by atoms with Crippen molar-refractivity contribution in [3.63, 3.8) is 0 Å². The molecule has 1 aliphatic rings. The second-order valence-electron chi connectivity index (χ2n) is 7.18. The Kier molecular flexibility index (Phi) is 8.49. The lowest BCUT2D eigenvalue weighted by molar-refractivity contribution is -0.143. The molecule has 0 spiro atoms. The lowest BCUT2D eigenvalue weighted by Crippen LogP contribution is -2.20. The second kappa shape index (κ2) is 11.6. The van der Waals surface area contributed by atoms with Crippen LogP contribution in [0.5, 0.6) is 5.75 Å². The molecule has 158 valence electrons. The summed E-state index contributed by atoms with van der Waals surface area (Å²) < 4.78 is 18.5. The standard InChI is InChI=1S/C22H31N3O4/c1-2-27-22(26)10-5-3-4-7-15-28-18-11-12-19(23-17-18)20-13-14-24-25(20)21-9-6-8-16-29-21/h11-14,17,21H,2-10,15-16H2,1H3. The highest BCUT2D eigenvalue weighted by Gasteiger charge is 2.19. The summed E-state index contributed by atoms with van der Waals surface area (Å²) in [6.45, 7) is 3.72. The van der Waals surface area contributed by atoms with Crippen LogP contribution in [-0.2, 0) is 14.3 Å². The van der Waals surface area contributed by atoms with Gasteiger partial charge in [0.05, 0.1) is 30.8 Å². The minimum atomic E-state index is -0.105. The number of carbonyl (C=O) groups is 1. The average molecular weight is 402 g/mol. The molecule has 0 bridgehead atoms. The van der Waals surface area contributed by atoms with E-state index < -0.39 is 0 Å². The van der Waals surface area contributed by atoms with Gasteiger partial charge >= 0.3 is 5.97 Å². The van der Waals surface area contributed by atoms with Crippen molar-refractivity contribution in [2.75, 3.05) is 19.8 Å². The quantitative estimate of drug-likeness (QED) is 0.407. The number of hydrogen-bond acceptors (Lipinski definition) is 6. The van der Waals surface area contributed by atoms with Gasteiger partial charge < -0.3 is 14.2 Å². The van der Waals surface area contributed by atoms with Crippen molar-refractivity contribution in [1.82, 2.24) is 14.8 Å². The van der Waals surface area contributed by atoms with Gasteiger partial charge in [-0.2, -0.15) is 5.10 Å². The summed E-state index contributed by atoms with van der Waals surface area (Å²) in [5.41, 5.74) is 1.83. The molecule has 2 aromatic heterocycles. The monoisotopic (exact) mass is 401 g/mol. The van der Waals surface area contributed by atoms with E-state index in [0.29, 0.717) is 19.6 Å². The Balaban J connectivity index is 1.40. The average Bonchev–Trinajstić information content (AvgIpc) is 3.24. The fraction of sp³-hybridized carbons (Fsp3) is 0.591. The van der Waals surface area contributed by atoms with Crippen LogP contribution >= 0.6 is 0 Å². The summed E-state index contributed by atoms with van der Waals surface area (Å²) in [7, 11) is 0. The molecule has 1 aliphatic heterocycles. The predicted octanol–water partition coefficient (Wildman–Crippen LogP) is 4.54.